The number of nitrogen functional groups attached to an aromatic ring is 1. The Morgan fingerprint density at radius 3 is 2.79 bits per heavy atom. The molecule has 0 spiro atoms. The lowest BCUT2D eigenvalue weighted by Gasteiger charge is -2.12. The van der Waals surface area contributed by atoms with E-state index in [4.69, 9.17) is 20.8 Å². The van der Waals surface area contributed by atoms with Crippen molar-refractivity contribution in [3.63, 3.8) is 0 Å². The third-order valence-electron chi connectivity index (χ3n) is 4.71. The lowest BCUT2D eigenvalue weighted by atomic mass is 10.1. The van der Waals surface area contributed by atoms with Crippen molar-refractivity contribution in [2.45, 2.75) is 45.4 Å². The van der Waals surface area contributed by atoms with Crippen LogP contribution in [0.4, 0.5) is 5.82 Å². The molecule has 0 aromatic carbocycles. The van der Waals surface area contributed by atoms with Gasteiger partial charge in [0.1, 0.15) is 23.4 Å². The molecule has 0 radical (unpaired) electrons. The number of nitrogens with two attached hydrogens (primary N) is 2. The highest BCUT2D eigenvalue weighted by molar-refractivity contribution is 5.86. The van der Waals surface area contributed by atoms with E-state index in [1.165, 1.54) is 0 Å². The van der Waals surface area contributed by atoms with E-state index in [0.29, 0.717) is 47.1 Å². The van der Waals surface area contributed by atoms with E-state index >= 15 is 0 Å². The maximum atomic E-state index is 10.1. The van der Waals surface area contributed by atoms with Gasteiger partial charge in [-0.2, -0.15) is 0 Å². The van der Waals surface area contributed by atoms with Gasteiger partial charge < -0.3 is 30.9 Å². The van der Waals surface area contributed by atoms with Gasteiger partial charge in [-0.05, 0) is 37.0 Å². The summed E-state index contributed by atoms with van der Waals surface area (Å²) < 4.78 is 12.5. The number of nitrogens with one attached hydrogen (secondary N) is 1. The Bertz CT molecular complexity index is 1310. The van der Waals surface area contributed by atoms with Gasteiger partial charge in [-0.15, -0.1) is 0 Å². The maximum absolute atomic E-state index is 10.1. The SMILES string of the molecule is CCn1c(-c2nonc2N)nc2c(C#CC(C)(C)O)nc(OC[C@H](N)Cc3c[nH]cn3)cc21. The number of nitrogens with zero attached hydrogens (tertiary/aromatic N) is 6. The Morgan fingerprint density at radius 2 is 2.15 bits per heavy atom. The molecule has 4 heterocycles. The van der Waals surface area contributed by atoms with Gasteiger partial charge >= 0.3 is 0 Å². The minimum absolute atomic E-state index is 0.123. The Labute approximate surface area is 189 Å². The minimum atomic E-state index is -1.21. The number of rotatable bonds is 7. The molecule has 12 nitrogen and oxygen atoms in total. The molecule has 4 rings (SSSR count). The van der Waals surface area contributed by atoms with Crippen LogP contribution >= 0.6 is 0 Å². The summed E-state index contributed by atoms with van der Waals surface area (Å²) in [6.45, 7) is 5.90. The number of hydrogen-bond donors (Lipinski definition) is 4. The molecule has 4 aromatic rings. The number of aromatic amines is 1. The first-order valence-electron chi connectivity index (χ1n) is 10.4. The van der Waals surface area contributed by atoms with Gasteiger partial charge in [-0.1, -0.05) is 5.92 Å². The first-order valence-corrected chi connectivity index (χ1v) is 10.4. The monoisotopic (exact) mass is 451 g/mol. The minimum Gasteiger partial charge on any atom is -0.476 e. The Hall–Kier alpha value is -3.95. The number of aromatic nitrogens is 7. The molecule has 0 aliphatic rings. The van der Waals surface area contributed by atoms with Gasteiger partial charge in [-0.3, -0.25) is 0 Å². The second kappa shape index (κ2) is 8.89. The van der Waals surface area contributed by atoms with E-state index in [-0.39, 0.29) is 18.5 Å². The van der Waals surface area contributed by atoms with Crippen LogP contribution in [0.3, 0.4) is 0 Å². The summed E-state index contributed by atoms with van der Waals surface area (Å²) in [5, 5.41) is 17.6. The number of aliphatic hydroxyl groups is 1. The average molecular weight is 451 g/mol. The van der Waals surface area contributed by atoms with Gasteiger partial charge in [0.25, 0.3) is 0 Å². The van der Waals surface area contributed by atoms with E-state index in [1.807, 2.05) is 11.5 Å². The smallest absolute Gasteiger partial charge is 0.216 e. The van der Waals surface area contributed by atoms with Crippen LogP contribution < -0.4 is 16.2 Å². The molecule has 4 aromatic heterocycles. The van der Waals surface area contributed by atoms with E-state index < -0.39 is 5.60 Å². The summed E-state index contributed by atoms with van der Waals surface area (Å²) in [6, 6.07) is 1.47. The summed E-state index contributed by atoms with van der Waals surface area (Å²) in [7, 11) is 0. The zero-order chi connectivity index (χ0) is 23.6. The van der Waals surface area contributed by atoms with Gasteiger partial charge in [-0.25, -0.2) is 19.6 Å². The molecule has 0 saturated carbocycles. The van der Waals surface area contributed by atoms with Crippen molar-refractivity contribution in [2.24, 2.45) is 5.73 Å². The van der Waals surface area contributed by atoms with Gasteiger partial charge in [0.05, 0.1) is 17.5 Å². The number of hydrogen-bond acceptors (Lipinski definition) is 10. The molecule has 1 atom stereocenters. The molecule has 0 saturated heterocycles. The van der Waals surface area contributed by atoms with Crippen LogP contribution in [0.15, 0.2) is 23.2 Å². The highest BCUT2D eigenvalue weighted by Gasteiger charge is 2.22. The largest absolute Gasteiger partial charge is 0.476 e. The molecule has 0 unspecified atom stereocenters. The number of ether oxygens (including phenoxy) is 1. The number of aryl methyl sites for hydroxylation is 1. The summed E-state index contributed by atoms with van der Waals surface area (Å²) in [5.41, 5.74) is 13.6. The fourth-order valence-corrected chi connectivity index (χ4v) is 3.25. The third kappa shape index (κ3) is 4.94. The third-order valence-corrected chi connectivity index (χ3v) is 4.71. The zero-order valence-corrected chi connectivity index (χ0v) is 18.5. The second-order valence-corrected chi connectivity index (χ2v) is 8.00. The second-order valence-electron chi connectivity index (χ2n) is 8.00. The van der Waals surface area contributed by atoms with Crippen LogP contribution in [0.5, 0.6) is 5.88 Å². The van der Waals surface area contributed by atoms with Crippen molar-refractivity contribution in [1.29, 1.82) is 0 Å². The van der Waals surface area contributed by atoms with Crippen molar-refractivity contribution in [1.82, 2.24) is 34.8 Å². The molecule has 0 amide bonds. The number of fused-ring (bicyclic) bond motifs is 1. The molecular formula is C21H25N9O3. The van der Waals surface area contributed by atoms with Crippen molar-refractivity contribution >= 4 is 16.9 Å². The molecule has 6 N–H and O–H groups in total. The molecule has 172 valence electrons. The average Bonchev–Trinajstić information content (AvgIpc) is 3.49. The molecular weight excluding hydrogens is 426 g/mol. The molecule has 0 aliphatic heterocycles. The van der Waals surface area contributed by atoms with Crippen molar-refractivity contribution in [3.05, 3.63) is 30.0 Å². The normalized spacial score (nSPS) is 12.5. The van der Waals surface area contributed by atoms with Crippen LogP contribution in [-0.4, -0.2) is 58.2 Å². The molecule has 12 heteroatoms. The van der Waals surface area contributed by atoms with Crippen molar-refractivity contribution in [3.8, 4) is 29.2 Å². The molecule has 0 bridgehead atoms. The van der Waals surface area contributed by atoms with Crippen LogP contribution in [0.2, 0.25) is 0 Å². The summed E-state index contributed by atoms with van der Waals surface area (Å²) in [5.74, 6) is 6.60. The lowest BCUT2D eigenvalue weighted by molar-refractivity contribution is 0.143. The number of pyridine rings is 1. The van der Waals surface area contributed by atoms with Crippen LogP contribution in [0.25, 0.3) is 22.6 Å². The van der Waals surface area contributed by atoms with Crippen LogP contribution in [-0.2, 0) is 13.0 Å². The first-order chi connectivity index (χ1) is 15.7. The van der Waals surface area contributed by atoms with Crippen molar-refractivity contribution < 1.29 is 14.5 Å². The van der Waals surface area contributed by atoms with E-state index in [0.717, 1.165) is 5.69 Å². The number of anilines is 1. The molecule has 33 heavy (non-hydrogen) atoms. The predicted molar refractivity (Wildman–Crippen MR) is 120 cm³/mol. The summed E-state index contributed by atoms with van der Waals surface area (Å²) >= 11 is 0. The summed E-state index contributed by atoms with van der Waals surface area (Å²) in [6.07, 6.45) is 3.94. The van der Waals surface area contributed by atoms with E-state index in [1.54, 1.807) is 32.4 Å². The topological polar surface area (TPSA) is 180 Å². The van der Waals surface area contributed by atoms with E-state index in [2.05, 4.69) is 42.1 Å². The Kier molecular flexibility index (Phi) is 5.99. The van der Waals surface area contributed by atoms with Crippen LogP contribution in [0, 0.1) is 11.8 Å². The fourth-order valence-electron chi connectivity index (χ4n) is 3.25. The van der Waals surface area contributed by atoms with Gasteiger partial charge in [0.15, 0.2) is 17.3 Å². The van der Waals surface area contributed by atoms with Crippen LogP contribution in [0.1, 0.15) is 32.2 Å². The molecule has 0 aliphatic carbocycles. The number of H-pyrrole nitrogens is 1. The highest BCUT2D eigenvalue weighted by atomic mass is 16.6. The fraction of sp³-hybridized carbons (Fsp3) is 0.381. The summed E-state index contributed by atoms with van der Waals surface area (Å²) in [4.78, 5) is 16.3. The lowest BCUT2D eigenvalue weighted by Crippen LogP contribution is -2.30. The Balaban J connectivity index is 1.74. The van der Waals surface area contributed by atoms with Crippen molar-refractivity contribution in [2.75, 3.05) is 12.3 Å². The van der Waals surface area contributed by atoms with Gasteiger partial charge in [0, 0.05) is 31.3 Å². The molecule has 0 fully saturated rings. The van der Waals surface area contributed by atoms with E-state index in [9.17, 15) is 5.11 Å². The first kappa shape index (κ1) is 22.3. The predicted octanol–water partition coefficient (Wildman–Crippen LogP) is 0.878. The quantitative estimate of drug-likeness (QED) is 0.294. The number of imidazole rings is 2. The Morgan fingerprint density at radius 1 is 1.33 bits per heavy atom. The maximum Gasteiger partial charge on any atom is 0.216 e. The highest BCUT2D eigenvalue weighted by Crippen LogP contribution is 2.29. The standard InChI is InChI=1S/C21H25N9O3/c1-4-30-15-8-16(32-10-12(22)7-13-9-24-11-25-13)26-14(5-6-21(2,3)31)17(15)27-20(30)18-19(23)29-33-28-18/h8-9,11-12,31H,4,7,10,22H2,1-3H3,(H2,23,29)(H,24,25)/t12-/m1/s1. The zero-order valence-electron chi connectivity index (χ0n) is 18.5. The van der Waals surface area contributed by atoms with Gasteiger partial charge in [0.2, 0.25) is 5.88 Å².